The Hall–Kier alpha value is -3.36. The van der Waals surface area contributed by atoms with Crippen molar-refractivity contribution in [3.8, 4) is 0 Å². The summed E-state index contributed by atoms with van der Waals surface area (Å²) in [4.78, 5) is 31.9. The number of hydrogen-bond donors (Lipinski definition) is 2. The van der Waals surface area contributed by atoms with Crippen LogP contribution in [0.3, 0.4) is 0 Å². The van der Waals surface area contributed by atoms with Crippen molar-refractivity contribution in [3.05, 3.63) is 93.8 Å². The van der Waals surface area contributed by atoms with Gasteiger partial charge in [0.1, 0.15) is 11.6 Å². The summed E-state index contributed by atoms with van der Waals surface area (Å²) in [6.45, 7) is 2.05. The van der Waals surface area contributed by atoms with Gasteiger partial charge in [0.15, 0.2) is 5.60 Å². The minimum atomic E-state index is -2.31. The molecule has 37 heavy (non-hydrogen) atoms. The maximum Gasteiger partial charge on any atom is 0.268 e. The number of rotatable bonds is 5. The molecule has 1 unspecified atom stereocenters. The molecular formula is C28H26ClF2N3O3. The Kier molecular flexibility index (Phi) is 6.72. The van der Waals surface area contributed by atoms with Crippen LogP contribution in [0.5, 0.6) is 0 Å². The molecule has 2 aliphatic rings. The minimum absolute atomic E-state index is 0.0341. The zero-order chi connectivity index (χ0) is 26.3. The van der Waals surface area contributed by atoms with Gasteiger partial charge in [-0.2, -0.15) is 0 Å². The Morgan fingerprint density at radius 3 is 2.59 bits per heavy atom. The molecule has 2 N–H and O–H groups in total. The van der Waals surface area contributed by atoms with E-state index in [1.54, 1.807) is 13.0 Å². The Balaban J connectivity index is 1.30. The van der Waals surface area contributed by atoms with Gasteiger partial charge in [-0.25, -0.2) is 8.78 Å². The van der Waals surface area contributed by atoms with E-state index in [9.17, 15) is 23.5 Å². The maximum absolute atomic E-state index is 14.7. The first-order valence-corrected chi connectivity index (χ1v) is 12.6. The topological polar surface area (TPSA) is 82.5 Å². The molecule has 1 aromatic heterocycles. The molecule has 192 valence electrons. The maximum atomic E-state index is 14.7. The minimum Gasteiger partial charge on any atom is -0.372 e. The number of fused-ring (bicyclic) bond motifs is 1. The SMILES string of the molecule is Cc1ncc(Cl)cc1C(=O)NC1CCC(CN2C(=O)C(O)(c3ccccc3F)c3cc(F)ccc32)CC1. The number of anilines is 1. The highest BCUT2D eigenvalue weighted by Crippen LogP contribution is 2.46. The van der Waals surface area contributed by atoms with E-state index in [0.29, 0.717) is 41.4 Å². The average Bonchev–Trinajstić information content (AvgIpc) is 3.08. The van der Waals surface area contributed by atoms with Crippen LogP contribution >= 0.6 is 11.6 Å². The Morgan fingerprint density at radius 2 is 1.86 bits per heavy atom. The Bertz CT molecular complexity index is 1380. The lowest BCUT2D eigenvalue weighted by molar-refractivity contribution is -0.132. The van der Waals surface area contributed by atoms with Gasteiger partial charge in [-0.05, 0) is 68.9 Å². The fourth-order valence-electron chi connectivity index (χ4n) is 5.40. The number of nitrogens with one attached hydrogen (secondary N) is 1. The van der Waals surface area contributed by atoms with E-state index >= 15 is 0 Å². The van der Waals surface area contributed by atoms with Crippen molar-refractivity contribution in [2.24, 2.45) is 5.92 Å². The summed E-state index contributed by atoms with van der Waals surface area (Å²) in [5.41, 5.74) is -1.07. The van der Waals surface area contributed by atoms with E-state index in [2.05, 4.69) is 10.3 Å². The quantitative estimate of drug-likeness (QED) is 0.497. The molecule has 0 radical (unpaired) electrons. The molecule has 1 aliphatic carbocycles. The van der Waals surface area contributed by atoms with Gasteiger partial charge in [0, 0.05) is 29.9 Å². The summed E-state index contributed by atoms with van der Waals surface area (Å²) in [5, 5.41) is 15.0. The van der Waals surface area contributed by atoms with Crippen molar-refractivity contribution in [1.82, 2.24) is 10.3 Å². The van der Waals surface area contributed by atoms with Gasteiger partial charge < -0.3 is 15.3 Å². The summed E-state index contributed by atoms with van der Waals surface area (Å²) in [6.07, 6.45) is 4.38. The first-order valence-electron chi connectivity index (χ1n) is 12.2. The second-order valence-corrected chi connectivity index (χ2v) is 10.2. The van der Waals surface area contributed by atoms with Crippen LogP contribution in [0, 0.1) is 24.5 Å². The highest BCUT2D eigenvalue weighted by Gasteiger charge is 2.52. The van der Waals surface area contributed by atoms with Crippen LogP contribution in [-0.4, -0.2) is 34.5 Å². The first-order chi connectivity index (χ1) is 17.7. The smallest absolute Gasteiger partial charge is 0.268 e. The predicted molar refractivity (Wildman–Crippen MR) is 135 cm³/mol. The molecule has 3 aromatic rings. The zero-order valence-corrected chi connectivity index (χ0v) is 20.9. The Morgan fingerprint density at radius 1 is 1.14 bits per heavy atom. The Labute approximate surface area is 218 Å². The van der Waals surface area contributed by atoms with Crippen LogP contribution in [0.25, 0.3) is 0 Å². The number of benzene rings is 2. The number of aliphatic hydroxyl groups is 1. The van der Waals surface area contributed by atoms with E-state index in [4.69, 9.17) is 11.6 Å². The molecule has 1 saturated carbocycles. The van der Waals surface area contributed by atoms with Crippen molar-refractivity contribution >= 4 is 29.1 Å². The number of aromatic nitrogens is 1. The summed E-state index contributed by atoms with van der Waals surface area (Å²) in [5.74, 6) is -2.19. The molecular weight excluding hydrogens is 500 g/mol. The zero-order valence-electron chi connectivity index (χ0n) is 20.2. The van der Waals surface area contributed by atoms with Gasteiger partial charge in [0.05, 0.1) is 22.0 Å². The van der Waals surface area contributed by atoms with Gasteiger partial charge >= 0.3 is 0 Å². The van der Waals surface area contributed by atoms with Crippen LogP contribution in [0.1, 0.15) is 52.9 Å². The highest BCUT2D eigenvalue weighted by molar-refractivity contribution is 6.30. The predicted octanol–water partition coefficient (Wildman–Crippen LogP) is 4.89. The molecule has 5 rings (SSSR count). The van der Waals surface area contributed by atoms with Gasteiger partial charge in [0.2, 0.25) is 0 Å². The molecule has 9 heteroatoms. The van der Waals surface area contributed by atoms with Crippen molar-refractivity contribution in [1.29, 1.82) is 0 Å². The lowest BCUT2D eigenvalue weighted by atomic mass is 9.85. The van der Waals surface area contributed by atoms with Gasteiger partial charge in [-0.1, -0.05) is 29.8 Å². The van der Waals surface area contributed by atoms with Crippen molar-refractivity contribution in [2.45, 2.75) is 44.2 Å². The standard InChI is InChI=1S/C28H26ClF2N3O3/c1-16-21(12-18(29)14-32-16)26(35)33-20-9-6-17(7-10-20)15-34-25-11-8-19(30)13-23(25)28(37,27(34)36)22-4-2-3-5-24(22)31/h2-5,8,11-14,17,20,37H,6-7,9-10,15H2,1H3,(H,33,35). The third-order valence-electron chi connectivity index (χ3n) is 7.38. The van der Waals surface area contributed by atoms with Crippen LogP contribution in [0.4, 0.5) is 14.5 Å². The number of halogens is 3. The van der Waals surface area contributed by atoms with Crippen LogP contribution < -0.4 is 10.2 Å². The molecule has 2 heterocycles. The summed E-state index contributed by atoms with van der Waals surface area (Å²) in [7, 11) is 0. The number of carbonyl (C=O) groups is 2. The normalized spacial score (nSPS) is 23.2. The van der Waals surface area contributed by atoms with Gasteiger partial charge in [0.25, 0.3) is 11.8 Å². The number of carbonyl (C=O) groups excluding carboxylic acids is 2. The lowest BCUT2D eigenvalue weighted by Crippen LogP contribution is -2.45. The number of pyridine rings is 1. The second-order valence-electron chi connectivity index (χ2n) is 9.75. The molecule has 6 nitrogen and oxygen atoms in total. The van der Waals surface area contributed by atoms with Crippen LogP contribution in [-0.2, 0) is 10.4 Å². The van der Waals surface area contributed by atoms with Crippen molar-refractivity contribution in [2.75, 3.05) is 11.4 Å². The summed E-state index contributed by atoms with van der Waals surface area (Å²) in [6, 6.07) is 10.8. The summed E-state index contributed by atoms with van der Waals surface area (Å²) >= 11 is 5.99. The number of nitrogens with zero attached hydrogens (tertiary/aromatic N) is 2. The molecule has 0 spiro atoms. The lowest BCUT2D eigenvalue weighted by Gasteiger charge is -2.32. The van der Waals surface area contributed by atoms with Crippen LogP contribution in [0.2, 0.25) is 5.02 Å². The third-order valence-corrected chi connectivity index (χ3v) is 7.59. The molecule has 1 atom stereocenters. The summed E-state index contributed by atoms with van der Waals surface area (Å²) < 4.78 is 28.9. The monoisotopic (exact) mass is 525 g/mol. The molecule has 1 fully saturated rings. The van der Waals surface area contributed by atoms with E-state index in [0.717, 1.165) is 18.9 Å². The molecule has 0 saturated heterocycles. The van der Waals surface area contributed by atoms with E-state index < -0.39 is 23.1 Å². The third kappa shape index (κ3) is 4.60. The van der Waals surface area contributed by atoms with Crippen molar-refractivity contribution in [3.63, 3.8) is 0 Å². The fourth-order valence-corrected chi connectivity index (χ4v) is 5.56. The van der Waals surface area contributed by atoms with E-state index in [-0.39, 0.29) is 29.0 Å². The van der Waals surface area contributed by atoms with Gasteiger partial charge in [-0.3, -0.25) is 14.6 Å². The molecule has 0 bridgehead atoms. The highest BCUT2D eigenvalue weighted by atomic mass is 35.5. The number of amides is 2. The first kappa shape index (κ1) is 25.3. The van der Waals surface area contributed by atoms with E-state index in [1.807, 2.05) is 0 Å². The van der Waals surface area contributed by atoms with Gasteiger partial charge in [-0.15, -0.1) is 0 Å². The average molecular weight is 526 g/mol. The van der Waals surface area contributed by atoms with Crippen LogP contribution in [0.15, 0.2) is 54.7 Å². The van der Waals surface area contributed by atoms with Crippen molar-refractivity contribution < 1.29 is 23.5 Å². The second kappa shape index (κ2) is 9.84. The number of hydrogen-bond acceptors (Lipinski definition) is 4. The van der Waals surface area contributed by atoms with E-state index in [1.165, 1.54) is 47.5 Å². The number of aryl methyl sites for hydroxylation is 1. The molecule has 1 aliphatic heterocycles. The molecule has 2 aromatic carbocycles. The fraction of sp³-hybridized carbons (Fsp3) is 0.321. The largest absolute Gasteiger partial charge is 0.372 e. The molecule has 2 amide bonds.